The van der Waals surface area contributed by atoms with Crippen LogP contribution in [0.2, 0.25) is 0 Å². The van der Waals surface area contributed by atoms with Crippen LogP contribution >= 0.6 is 0 Å². The number of nitrogens with one attached hydrogen (secondary N) is 1. The zero-order valence-electron chi connectivity index (χ0n) is 11.6. The largest absolute Gasteiger partial charge is 0.303 e. The average Bonchev–Trinajstić information content (AvgIpc) is 2.82. The molecule has 98 valence electrons. The first-order valence-electron chi connectivity index (χ1n) is 6.96. The zero-order valence-corrected chi connectivity index (χ0v) is 11.6. The van der Waals surface area contributed by atoms with Crippen molar-refractivity contribution in [1.29, 1.82) is 5.26 Å². The van der Waals surface area contributed by atoms with Crippen LogP contribution in [-0.4, -0.2) is 37.1 Å². The minimum absolute atomic E-state index is 0.336. The first-order chi connectivity index (χ1) is 8.13. The number of hydrogen-bond donors (Lipinski definition) is 1. The van der Waals surface area contributed by atoms with Gasteiger partial charge in [-0.25, -0.2) is 0 Å². The van der Waals surface area contributed by atoms with Gasteiger partial charge < -0.3 is 10.2 Å². The van der Waals surface area contributed by atoms with E-state index in [1.807, 2.05) is 14.0 Å². The third-order valence-corrected chi connectivity index (χ3v) is 4.15. The van der Waals surface area contributed by atoms with Crippen molar-refractivity contribution in [2.24, 2.45) is 5.92 Å². The summed E-state index contributed by atoms with van der Waals surface area (Å²) in [4.78, 5) is 2.58. The van der Waals surface area contributed by atoms with Gasteiger partial charge in [-0.3, -0.25) is 0 Å². The van der Waals surface area contributed by atoms with Crippen molar-refractivity contribution in [3.8, 4) is 6.07 Å². The van der Waals surface area contributed by atoms with E-state index in [0.29, 0.717) is 0 Å². The summed E-state index contributed by atoms with van der Waals surface area (Å²) in [5, 5.41) is 12.1. The highest BCUT2D eigenvalue weighted by atomic mass is 15.1. The maximum Gasteiger partial charge on any atom is 0.103 e. The van der Waals surface area contributed by atoms with Crippen LogP contribution in [0.5, 0.6) is 0 Å². The van der Waals surface area contributed by atoms with Gasteiger partial charge in [0.1, 0.15) is 5.54 Å². The first-order valence-corrected chi connectivity index (χ1v) is 6.96. The van der Waals surface area contributed by atoms with Crippen molar-refractivity contribution in [3.05, 3.63) is 0 Å². The molecule has 1 aliphatic rings. The maximum absolute atomic E-state index is 9.04. The lowest BCUT2D eigenvalue weighted by molar-refractivity contribution is 0.307. The molecular formula is C14H27N3. The molecule has 1 heterocycles. The van der Waals surface area contributed by atoms with Gasteiger partial charge in [0.2, 0.25) is 0 Å². The number of hydrogen-bond acceptors (Lipinski definition) is 3. The predicted octanol–water partition coefficient (Wildman–Crippen LogP) is 2.39. The second kappa shape index (κ2) is 6.98. The number of likely N-dealkylation sites (tertiary alicyclic amines) is 1. The minimum Gasteiger partial charge on any atom is -0.303 e. The third kappa shape index (κ3) is 4.65. The van der Waals surface area contributed by atoms with Gasteiger partial charge in [0.05, 0.1) is 6.07 Å². The Morgan fingerprint density at radius 2 is 2.24 bits per heavy atom. The molecule has 1 N–H and O–H groups in total. The standard InChI is InChI=1S/C14H27N3/c1-4-13-7-10-17(11-13)9-6-5-8-14(2,12-15)16-3/h13,16H,4-11H2,1-3H3. The van der Waals surface area contributed by atoms with Gasteiger partial charge in [-0.15, -0.1) is 0 Å². The molecule has 1 saturated heterocycles. The van der Waals surface area contributed by atoms with Crippen molar-refractivity contribution in [3.63, 3.8) is 0 Å². The number of nitriles is 1. The molecular weight excluding hydrogens is 210 g/mol. The Bertz CT molecular complexity index is 259. The Hall–Kier alpha value is -0.590. The molecule has 2 unspecified atom stereocenters. The van der Waals surface area contributed by atoms with Crippen LogP contribution in [0.25, 0.3) is 0 Å². The molecule has 0 aromatic rings. The first kappa shape index (κ1) is 14.5. The summed E-state index contributed by atoms with van der Waals surface area (Å²) in [5.41, 5.74) is -0.336. The van der Waals surface area contributed by atoms with E-state index in [-0.39, 0.29) is 5.54 Å². The molecule has 0 bridgehead atoms. The molecule has 2 atom stereocenters. The molecule has 17 heavy (non-hydrogen) atoms. The van der Waals surface area contributed by atoms with Gasteiger partial charge in [0.25, 0.3) is 0 Å². The minimum atomic E-state index is -0.336. The van der Waals surface area contributed by atoms with Gasteiger partial charge in [-0.2, -0.15) is 5.26 Å². The van der Waals surface area contributed by atoms with E-state index >= 15 is 0 Å². The molecule has 0 aromatic heterocycles. The lowest BCUT2D eigenvalue weighted by atomic mass is 9.97. The Kier molecular flexibility index (Phi) is 5.94. The van der Waals surface area contributed by atoms with Gasteiger partial charge in [0.15, 0.2) is 0 Å². The highest BCUT2D eigenvalue weighted by Crippen LogP contribution is 2.20. The molecule has 0 aliphatic carbocycles. The molecule has 0 saturated carbocycles. The molecule has 0 aromatic carbocycles. The van der Waals surface area contributed by atoms with E-state index in [1.165, 1.54) is 38.9 Å². The van der Waals surface area contributed by atoms with E-state index in [4.69, 9.17) is 5.26 Å². The monoisotopic (exact) mass is 237 g/mol. The summed E-state index contributed by atoms with van der Waals surface area (Å²) in [6.07, 6.45) is 6.00. The van der Waals surface area contributed by atoms with E-state index in [9.17, 15) is 0 Å². The van der Waals surface area contributed by atoms with Crippen molar-refractivity contribution in [1.82, 2.24) is 10.2 Å². The normalized spacial score (nSPS) is 24.5. The van der Waals surface area contributed by atoms with Crippen LogP contribution in [0.15, 0.2) is 0 Å². The molecule has 0 amide bonds. The Morgan fingerprint density at radius 3 is 2.76 bits per heavy atom. The van der Waals surface area contributed by atoms with Gasteiger partial charge in [0, 0.05) is 6.54 Å². The Balaban J connectivity index is 2.11. The van der Waals surface area contributed by atoms with Gasteiger partial charge >= 0.3 is 0 Å². The van der Waals surface area contributed by atoms with Crippen molar-refractivity contribution in [2.45, 2.75) is 51.5 Å². The fourth-order valence-electron chi connectivity index (χ4n) is 2.50. The quantitative estimate of drug-likeness (QED) is 0.691. The summed E-state index contributed by atoms with van der Waals surface area (Å²) in [7, 11) is 1.87. The van der Waals surface area contributed by atoms with Crippen LogP contribution in [0.4, 0.5) is 0 Å². The van der Waals surface area contributed by atoms with Crippen LogP contribution in [0.3, 0.4) is 0 Å². The zero-order chi connectivity index (χ0) is 12.7. The molecule has 0 spiro atoms. The summed E-state index contributed by atoms with van der Waals surface area (Å²) in [6, 6.07) is 2.35. The van der Waals surface area contributed by atoms with Crippen molar-refractivity contribution in [2.75, 3.05) is 26.7 Å². The summed E-state index contributed by atoms with van der Waals surface area (Å²) >= 11 is 0. The van der Waals surface area contributed by atoms with E-state index in [1.54, 1.807) is 0 Å². The van der Waals surface area contributed by atoms with E-state index < -0.39 is 0 Å². The van der Waals surface area contributed by atoms with Crippen LogP contribution in [0.1, 0.15) is 46.0 Å². The molecule has 3 nitrogen and oxygen atoms in total. The lowest BCUT2D eigenvalue weighted by Crippen LogP contribution is -2.38. The number of rotatable bonds is 7. The van der Waals surface area contributed by atoms with Crippen molar-refractivity contribution < 1.29 is 0 Å². The predicted molar refractivity (Wildman–Crippen MR) is 71.8 cm³/mol. The van der Waals surface area contributed by atoms with Gasteiger partial charge in [-0.05, 0) is 58.7 Å². The molecule has 1 aliphatic heterocycles. The smallest absolute Gasteiger partial charge is 0.103 e. The topological polar surface area (TPSA) is 39.1 Å². The molecule has 1 rings (SSSR count). The van der Waals surface area contributed by atoms with Gasteiger partial charge in [-0.1, -0.05) is 13.3 Å². The molecule has 0 radical (unpaired) electrons. The fraction of sp³-hybridized carbons (Fsp3) is 0.929. The van der Waals surface area contributed by atoms with Crippen LogP contribution in [-0.2, 0) is 0 Å². The molecule has 1 fully saturated rings. The maximum atomic E-state index is 9.04. The van der Waals surface area contributed by atoms with Crippen molar-refractivity contribution >= 4 is 0 Å². The summed E-state index contributed by atoms with van der Waals surface area (Å²) in [6.45, 7) is 8.05. The molecule has 3 heteroatoms. The summed E-state index contributed by atoms with van der Waals surface area (Å²) in [5.74, 6) is 0.927. The average molecular weight is 237 g/mol. The highest BCUT2D eigenvalue weighted by molar-refractivity contribution is 5.02. The van der Waals surface area contributed by atoms with Crippen LogP contribution in [0, 0.1) is 17.2 Å². The third-order valence-electron chi connectivity index (χ3n) is 4.15. The summed E-state index contributed by atoms with van der Waals surface area (Å²) < 4.78 is 0. The SMILES string of the molecule is CCC1CCN(CCCCC(C)(C#N)NC)C1. The number of nitrogens with zero attached hydrogens (tertiary/aromatic N) is 2. The highest BCUT2D eigenvalue weighted by Gasteiger charge is 2.22. The second-order valence-electron chi connectivity index (χ2n) is 5.51. The fourth-order valence-corrected chi connectivity index (χ4v) is 2.50. The Morgan fingerprint density at radius 1 is 1.47 bits per heavy atom. The lowest BCUT2D eigenvalue weighted by Gasteiger charge is -2.21. The second-order valence-corrected chi connectivity index (χ2v) is 5.51. The van der Waals surface area contributed by atoms with E-state index in [0.717, 1.165) is 18.8 Å². The number of unbranched alkanes of at least 4 members (excludes halogenated alkanes) is 1. The van der Waals surface area contributed by atoms with Crippen LogP contribution < -0.4 is 5.32 Å². The van der Waals surface area contributed by atoms with E-state index in [2.05, 4.69) is 23.2 Å². The Labute approximate surface area is 106 Å².